The predicted molar refractivity (Wildman–Crippen MR) is 60.4 cm³/mol. The Balaban J connectivity index is 2.97. The van der Waals surface area contributed by atoms with E-state index in [9.17, 15) is 0 Å². The summed E-state index contributed by atoms with van der Waals surface area (Å²) in [5.41, 5.74) is 3.96. The molecule has 0 aliphatic carbocycles. The molecule has 1 unspecified atom stereocenters. The van der Waals surface area contributed by atoms with Crippen molar-refractivity contribution in [2.24, 2.45) is 0 Å². The van der Waals surface area contributed by atoms with Crippen molar-refractivity contribution in [1.82, 2.24) is 0 Å². The molecule has 0 saturated heterocycles. The fourth-order valence-corrected chi connectivity index (χ4v) is 1.91. The molecule has 1 aromatic carbocycles. The van der Waals surface area contributed by atoms with Gasteiger partial charge in [0.05, 0.1) is 6.10 Å². The average molecular weight is 205 g/mol. The monoisotopic (exact) mass is 205 g/mol. The van der Waals surface area contributed by atoms with Gasteiger partial charge < -0.3 is 4.43 Å². The summed E-state index contributed by atoms with van der Waals surface area (Å²) < 4.78 is 5.32. The van der Waals surface area contributed by atoms with Crippen LogP contribution < -0.4 is 0 Å². The molecule has 0 saturated carbocycles. The molecule has 1 rings (SSSR count). The molecule has 0 spiro atoms. The Kier molecular flexibility index (Phi) is 4.36. The molecule has 0 aromatic heterocycles. The van der Waals surface area contributed by atoms with E-state index in [1.165, 1.54) is 16.7 Å². The number of benzene rings is 1. The predicted octanol–water partition coefficient (Wildman–Crippen LogP) is 3.24. The highest BCUT2D eigenvalue weighted by Crippen LogP contribution is 2.26. The lowest BCUT2D eigenvalue weighted by molar-refractivity contribution is 0.213. The van der Waals surface area contributed by atoms with Crippen molar-refractivity contribution >= 4 is 10.5 Å². The Labute approximate surface area is 90.0 Å². The van der Waals surface area contributed by atoms with Gasteiger partial charge in [0.15, 0.2) is 0 Å². The highest BCUT2D eigenvalue weighted by Gasteiger charge is 2.11. The standard InChI is InChI=1S/C12H17OSi/c1-4-6-12(13-14)11-8-5-7-9(2)10(11)3/h5,7-8,12H,4,6H2,1-3H3. The third-order valence-corrected chi connectivity index (χ3v) is 2.97. The van der Waals surface area contributed by atoms with E-state index in [2.05, 4.69) is 49.5 Å². The summed E-state index contributed by atoms with van der Waals surface area (Å²) in [6.07, 6.45) is 2.35. The summed E-state index contributed by atoms with van der Waals surface area (Å²) in [6, 6.07) is 6.36. The Bertz CT molecular complexity index is 296. The first-order valence-electron chi connectivity index (χ1n) is 5.09. The van der Waals surface area contributed by atoms with Gasteiger partial charge in [0.2, 0.25) is 10.5 Å². The first-order chi connectivity index (χ1) is 6.70. The molecule has 2 heteroatoms. The molecule has 3 radical (unpaired) electrons. The maximum atomic E-state index is 5.32. The van der Waals surface area contributed by atoms with Crippen LogP contribution in [0.25, 0.3) is 0 Å². The van der Waals surface area contributed by atoms with Crippen molar-refractivity contribution in [3.63, 3.8) is 0 Å². The summed E-state index contributed by atoms with van der Waals surface area (Å²) in [6.45, 7) is 6.46. The van der Waals surface area contributed by atoms with Crippen molar-refractivity contribution in [3.8, 4) is 0 Å². The number of rotatable bonds is 4. The van der Waals surface area contributed by atoms with Gasteiger partial charge in [-0.15, -0.1) is 0 Å². The van der Waals surface area contributed by atoms with E-state index >= 15 is 0 Å². The van der Waals surface area contributed by atoms with Crippen LogP contribution in [0, 0.1) is 13.8 Å². The minimum Gasteiger partial charge on any atom is -0.412 e. The molecule has 14 heavy (non-hydrogen) atoms. The second-order valence-electron chi connectivity index (χ2n) is 3.68. The van der Waals surface area contributed by atoms with E-state index in [4.69, 9.17) is 4.43 Å². The van der Waals surface area contributed by atoms with Crippen LogP contribution in [-0.4, -0.2) is 10.5 Å². The lowest BCUT2D eigenvalue weighted by Gasteiger charge is -2.18. The number of aryl methyl sites for hydroxylation is 1. The molecule has 1 aromatic rings. The average Bonchev–Trinajstić information content (AvgIpc) is 2.19. The van der Waals surface area contributed by atoms with E-state index < -0.39 is 0 Å². The third kappa shape index (κ3) is 2.46. The van der Waals surface area contributed by atoms with Crippen LogP contribution in [0.3, 0.4) is 0 Å². The third-order valence-electron chi connectivity index (χ3n) is 2.69. The first kappa shape index (κ1) is 11.5. The summed E-state index contributed by atoms with van der Waals surface area (Å²) in [5.74, 6) is 0. The van der Waals surface area contributed by atoms with Gasteiger partial charge in [-0.3, -0.25) is 0 Å². The zero-order valence-electron chi connectivity index (χ0n) is 9.13. The van der Waals surface area contributed by atoms with Gasteiger partial charge in [-0.2, -0.15) is 0 Å². The zero-order chi connectivity index (χ0) is 10.6. The first-order valence-corrected chi connectivity index (χ1v) is 5.50. The molecule has 0 N–H and O–H groups in total. The van der Waals surface area contributed by atoms with Gasteiger partial charge in [-0.1, -0.05) is 31.5 Å². The molecule has 1 nitrogen and oxygen atoms in total. The van der Waals surface area contributed by atoms with Crippen LogP contribution in [-0.2, 0) is 4.43 Å². The lowest BCUT2D eigenvalue weighted by atomic mass is 9.97. The summed E-state index contributed by atoms with van der Waals surface area (Å²) >= 11 is 0. The molecule has 0 aliphatic heterocycles. The Morgan fingerprint density at radius 1 is 1.36 bits per heavy atom. The molecular formula is C12H17OSi. The van der Waals surface area contributed by atoms with Gasteiger partial charge in [0, 0.05) is 0 Å². The van der Waals surface area contributed by atoms with Crippen LogP contribution in [0.4, 0.5) is 0 Å². The van der Waals surface area contributed by atoms with E-state index in [0.717, 1.165) is 12.8 Å². The van der Waals surface area contributed by atoms with Crippen LogP contribution in [0.15, 0.2) is 18.2 Å². The molecule has 0 aliphatic rings. The Hall–Kier alpha value is -0.603. The SMILES string of the molecule is CCCC(O[Si])c1cccc(C)c1C. The maximum Gasteiger partial charge on any atom is 0.247 e. The fraction of sp³-hybridized carbons (Fsp3) is 0.500. The summed E-state index contributed by atoms with van der Waals surface area (Å²) in [4.78, 5) is 0. The Morgan fingerprint density at radius 3 is 2.64 bits per heavy atom. The molecule has 0 amide bonds. The second-order valence-corrected chi connectivity index (χ2v) is 3.92. The van der Waals surface area contributed by atoms with Crippen LogP contribution in [0.1, 0.15) is 42.6 Å². The van der Waals surface area contributed by atoms with Crippen LogP contribution >= 0.6 is 0 Å². The number of hydrogen-bond acceptors (Lipinski definition) is 1. The highest BCUT2D eigenvalue weighted by atomic mass is 28.2. The summed E-state index contributed by atoms with van der Waals surface area (Å²) in [5, 5.41) is 0. The molecule has 1 atom stereocenters. The van der Waals surface area contributed by atoms with Gasteiger partial charge in [-0.05, 0) is 37.0 Å². The fourth-order valence-electron chi connectivity index (χ4n) is 1.66. The van der Waals surface area contributed by atoms with E-state index in [1.54, 1.807) is 0 Å². The molecular weight excluding hydrogens is 188 g/mol. The Morgan fingerprint density at radius 2 is 2.07 bits per heavy atom. The highest BCUT2D eigenvalue weighted by molar-refractivity contribution is 5.98. The topological polar surface area (TPSA) is 9.23 Å². The maximum absolute atomic E-state index is 5.32. The van der Waals surface area contributed by atoms with Crippen molar-refractivity contribution in [3.05, 3.63) is 34.9 Å². The molecule has 0 heterocycles. The van der Waals surface area contributed by atoms with Crippen molar-refractivity contribution in [1.29, 1.82) is 0 Å². The van der Waals surface area contributed by atoms with Crippen molar-refractivity contribution < 1.29 is 4.43 Å². The van der Waals surface area contributed by atoms with Crippen molar-refractivity contribution in [2.75, 3.05) is 0 Å². The zero-order valence-corrected chi connectivity index (χ0v) is 10.1. The van der Waals surface area contributed by atoms with E-state index in [-0.39, 0.29) is 6.10 Å². The minimum absolute atomic E-state index is 0.177. The second kappa shape index (κ2) is 5.32. The van der Waals surface area contributed by atoms with E-state index in [0.29, 0.717) is 0 Å². The summed E-state index contributed by atoms with van der Waals surface area (Å²) in [7, 11) is 3.16. The van der Waals surface area contributed by atoms with Crippen molar-refractivity contribution in [2.45, 2.75) is 39.7 Å². The van der Waals surface area contributed by atoms with Crippen LogP contribution in [0.2, 0.25) is 0 Å². The lowest BCUT2D eigenvalue weighted by Crippen LogP contribution is -2.04. The van der Waals surface area contributed by atoms with Crippen LogP contribution in [0.5, 0.6) is 0 Å². The molecule has 0 bridgehead atoms. The van der Waals surface area contributed by atoms with Gasteiger partial charge in [0.25, 0.3) is 0 Å². The molecule has 75 valence electrons. The largest absolute Gasteiger partial charge is 0.412 e. The van der Waals surface area contributed by atoms with Gasteiger partial charge in [-0.25, -0.2) is 0 Å². The van der Waals surface area contributed by atoms with Gasteiger partial charge >= 0.3 is 0 Å². The van der Waals surface area contributed by atoms with Gasteiger partial charge in [0.1, 0.15) is 0 Å². The smallest absolute Gasteiger partial charge is 0.247 e. The number of hydrogen-bond donors (Lipinski definition) is 0. The van der Waals surface area contributed by atoms with E-state index in [1.807, 2.05) is 0 Å². The quantitative estimate of drug-likeness (QED) is 0.686. The normalized spacial score (nSPS) is 12.9. The molecule has 0 fully saturated rings. The minimum atomic E-state index is 0.177.